The number of rotatable bonds is 7. The van der Waals surface area contributed by atoms with Crippen molar-refractivity contribution >= 4 is 16.8 Å². The van der Waals surface area contributed by atoms with E-state index in [4.69, 9.17) is 5.11 Å². The molecule has 0 aliphatic carbocycles. The van der Waals surface area contributed by atoms with Gasteiger partial charge in [0, 0.05) is 11.3 Å². The fourth-order valence-corrected chi connectivity index (χ4v) is 3.94. The van der Waals surface area contributed by atoms with Crippen LogP contribution >= 0.6 is 0 Å². The fourth-order valence-electron chi connectivity index (χ4n) is 2.22. The highest BCUT2D eigenvalue weighted by Gasteiger charge is 2.60. The lowest BCUT2D eigenvalue weighted by molar-refractivity contribution is -0.290. The molecule has 9 heteroatoms. The van der Waals surface area contributed by atoms with Crippen molar-refractivity contribution < 1.29 is 36.1 Å². The molecule has 1 rings (SSSR count). The Bertz CT molecular complexity index is 641. The Morgan fingerprint density at radius 2 is 1.75 bits per heavy atom. The van der Waals surface area contributed by atoms with E-state index in [9.17, 15) is 31.0 Å². The molecule has 1 N–H and O–H groups in total. The van der Waals surface area contributed by atoms with E-state index in [0.29, 0.717) is 25.0 Å². The maximum absolute atomic E-state index is 13.8. The maximum atomic E-state index is 13.8. The van der Waals surface area contributed by atoms with Gasteiger partial charge >= 0.3 is 18.1 Å². The van der Waals surface area contributed by atoms with Gasteiger partial charge < -0.3 is 5.11 Å². The van der Waals surface area contributed by atoms with E-state index in [1.807, 2.05) is 0 Å². The van der Waals surface area contributed by atoms with Crippen molar-refractivity contribution in [1.82, 2.24) is 0 Å². The van der Waals surface area contributed by atoms with Gasteiger partial charge in [0.1, 0.15) is 0 Å². The third-order valence-corrected chi connectivity index (χ3v) is 5.03. The van der Waals surface area contributed by atoms with Crippen LogP contribution in [0.3, 0.4) is 0 Å². The molecular formula is C15H17F5O3S. The molecule has 0 saturated heterocycles. The van der Waals surface area contributed by atoms with Crippen LogP contribution in [0.5, 0.6) is 0 Å². The van der Waals surface area contributed by atoms with Gasteiger partial charge in [0.2, 0.25) is 0 Å². The normalized spacial score (nSPS) is 13.8. The summed E-state index contributed by atoms with van der Waals surface area (Å²) >= 11 is 0. The summed E-state index contributed by atoms with van der Waals surface area (Å²) in [5, 5.41) is 9.12. The van der Waals surface area contributed by atoms with Gasteiger partial charge in [-0.3, -0.25) is 4.21 Å². The molecule has 0 amide bonds. The first-order chi connectivity index (χ1) is 11.0. The molecule has 0 heterocycles. The molecule has 24 heavy (non-hydrogen) atoms. The third kappa shape index (κ3) is 3.93. The predicted octanol–water partition coefficient (Wildman–Crippen LogP) is 4.51. The molecule has 0 spiro atoms. The van der Waals surface area contributed by atoms with Crippen molar-refractivity contribution in [3.05, 3.63) is 28.8 Å². The summed E-state index contributed by atoms with van der Waals surface area (Å²) in [4.78, 5) is 10.5. The van der Waals surface area contributed by atoms with Crippen molar-refractivity contribution in [3.63, 3.8) is 0 Å². The molecule has 0 radical (unpaired) electrons. The molecule has 3 nitrogen and oxygen atoms in total. The molecular weight excluding hydrogens is 355 g/mol. The lowest BCUT2D eigenvalue weighted by atomic mass is 9.98. The average Bonchev–Trinajstić information content (AvgIpc) is 2.49. The van der Waals surface area contributed by atoms with Crippen molar-refractivity contribution in [1.29, 1.82) is 0 Å². The van der Waals surface area contributed by atoms with E-state index in [0.717, 1.165) is 0 Å². The van der Waals surface area contributed by atoms with Gasteiger partial charge in [-0.05, 0) is 24.5 Å². The molecule has 1 atom stereocenters. The van der Waals surface area contributed by atoms with Crippen LogP contribution in [-0.2, 0) is 23.1 Å². The number of carboxylic acids is 1. The lowest BCUT2D eigenvalue weighted by Gasteiger charge is -2.24. The van der Waals surface area contributed by atoms with Crippen LogP contribution in [0.4, 0.5) is 22.0 Å². The molecule has 0 fully saturated rings. The Hall–Kier alpha value is -1.51. The Morgan fingerprint density at radius 1 is 1.17 bits per heavy atom. The van der Waals surface area contributed by atoms with E-state index >= 15 is 0 Å². The molecule has 0 bridgehead atoms. The van der Waals surface area contributed by atoms with Crippen molar-refractivity contribution in [2.45, 2.75) is 50.1 Å². The Balaban J connectivity index is 3.71. The van der Waals surface area contributed by atoms with Crippen LogP contribution in [0.25, 0.3) is 0 Å². The van der Waals surface area contributed by atoms with Crippen molar-refractivity contribution in [2.24, 2.45) is 0 Å². The number of halogens is 5. The number of hydrogen-bond donors (Lipinski definition) is 1. The van der Waals surface area contributed by atoms with Gasteiger partial charge in [-0.25, -0.2) is 4.79 Å². The average molecular weight is 372 g/mol. The highest BCUT2D eigenvalue weighted by molar-refractivity contribution is 7.85. The first kappa shape index (κ1) is 20.5. The fraction of sp³-hybridized carbons (Fsp3) is 0.533. The number of alkyl halides is 5. The number of hydrogen-bond acceptors (Lipinski definition) is 2. The van der Waals surface area contributed by atoms with Crippen LogP contribution in [0.2, 0.25) is 0 Å². The second-order valence-electron chi connectivity index (χ2n) is 5.10. The van der Waals surface area contributed by atoms with Crippen LogP contribution in [-0.4, -0.2) is 27.2 Å². The van der Waals surface area contributed by atoms with Gasteiger partial charge in [0.15, 0.2) is 0 Å². The molecule has 0 aromatic heterocycles. The highest BCUT2D eigenvalue weighted by atomic mass is 32.2. The van der Waals surface area contributed by atoms with Crippen LogP contribution in [0.15, 0.2) is 17.0 Å². The summed E-state index contributed by atoms with van der Waals surface area (Å²) in [5.74, 6) is -6.80. The summed E-state index contributed by atoms with van der Waals surface area (Å²) < 4.78 is 78.3. The second-order valence-corrected chi connectivity index (χ2v) is 6.61. The SMILES string of the molecule is CCCC[S@](=O)c1c(C(F)(F)C(F)(F)F)ccc(C(=O)O)c1CC. The number of carboxylic acid groups (broad SMARTS) is 1. The standard InChI is InChI=1S/C15H17F5O3S/c1-3-5-8-24(23)12-9(4-2)10(13(21)22)6-7-11(12)14(16,17)15(18,19)20/h6-7H,3-5,8H2,1-2H3,(H,21,22)/t24-/m0/s1. The molecule has 0 unspecified atom stereocenters. The maximum Gasteiger partial charge on any atom is 0.458 e. The smallest absolute Gasteiger partial charge is 0.458 e. The highest BCUT2D eigenvalue weighted by Crippen LogP contribution is 2.46. The van der Waals surface area contributed by atoms with Crippen LogP contribution in [0.1, 0.15) is 48.2 Å². The first-order valence-corrected chi connectivity index (χ1v) is 8.53. The van der Waals surface area contributed by atoms with Gasteiger partial charge in [-0.2, -0.15) is 22.0 Å². The Labute approximate surface area is 138 Å². The Kier molecular flexibility index (Phi) is 6.49. The van der Waals surface area contributed by atoms with Crippen molar-refractivity contribution in [2.75, 3.05) is 5.75 Å². The largest absolute Gasteiger partial charge is 0.478 e. The Morgan fingerprint density at radius 3 is 2.17 bits per heavy atom. The zero-order chi connectivity index (χ0) is 18.7. The van der Waals surface area contributed by atoms with Crippen LogP contribution < -0.4 is 0 Å². The van der Waals surface area contributed by atoms with Crippen LogP contribution in [0, 0.1) is 0 Å². The third-order valence-electron chi connectivity index (χ3n) is 3.45. The van der Waals surface area contributed by atoms with E-state index in [2.05, 4.69) is 0 Å². The van der Waals surface area contributed by atoms with E-state index < -0.39 is 44.9 Å². The minimum atomic E-state index is -5.87. The second kappa shape index (κ2) is 7.58. The summed E-state index contributed by atoms with van der Waals surface area (Å²) in [6, 6.07) is 1.12. The molecule has 0 aliphatic rings. The minimum absolute atomic E-state index is 0.118. The van der Waals surface area contributed by atoms with Gasteiger partial charge in [0.25, 0.3) is 0 Å². The summed E-state index contributed by atoms with van der Waals surface area (Å²) in [5.41, 5.74) is -2.11. The number of aromatic carboxylic acids is 1. The zero-order valence-corrected chi connectivity index (χ0v) is 13.9. The zero-order valence-electron chi connectivity index (χ0n) is 13.0. The van der Waals surface area contributed by atoms with Gasteiger partial charge in [-0.15, -0.1) is 0 Å². The quantitative estimate of drug-likeness (QED) is 0.717. The summed E-state index contributed by atoms with van der Waals surface area (Å²) in [7, 11) is -2.16. The minimum Gasteiger partial charge on any atom is -0.478 e. The number of benzene rings is 1. The summed E-state index contributed by atoms with van der Waals surface area (Å²) in [6.45, 7) is 3.16. The van der Waals surface area contributed by atoms with E-state index in [-0.39, 0.29) is 17.7 Å². The van der Waals surface area contributed by atoms with Gasteiger partial charge in [0.05, 0.1) is 21.3 Å². The molecule has 1 aromatic rings. The molecule has 1 aromatic carbocycles. The number of carbonyl (C=O) groups is 1. The monoisotopic (exact) mass is 372 g/mol. The van der Waals surface area contributed by atoms with E-state index in [1.165, 1.54) is 6.92 Å². The predicted molar refractivity (Wildman–Crippen MR) is 78.9 cm³/mol. The topological polar surface area (TPSA) is 54.4 Å². The van der Waals surface area contributed by atoms with Crippen molar-refractivity contribution in [3.8, 4) is 0 Å². The van der Waals surface area contributed by atoms with E-state index in [1.54, 1.807) is 6.92 Å². The van der Waals surface area contributed by atoms with Gasteiger partial charge in [-0.1, -0.05) is 26.3 Å². The number of unbranched alkanes of at least 4 members (excludes halogenated alkanes) is 1. The molecule has 136 valence electrons. The first-order valence-electron chi connectivity index (χ1n) is 7.21. The lowest BCUT2D eigenvalue weighted by Crippen LogP contribution is -2.35. The molecule has 0 saturated carbocycles. The molecule has 0 aliphatic heterocycles. The summed E-state index contributed by atoms with van der Waals surface area (Å²) in [6.07, 6.45) is -5.08.